The lowest BCUT2D eigenvalue weighted by Crippen LogP contribution is -2.34. The molecular weight excluding hydrogens is 389 g/mol. The number of hydrogen-bond acceptors (Lipinski definition) is 3. The predicted molar refractivity (Wildman–Crippen MR) is 98.7 cm³/mol. The summed E-state index contributed by atoms with van der Waals surface area (Å²) in [4.78, 5) is 2.37. The number of halogens is 3. The van der Waals surface area contributed by atoms with Crippen LogP contribution in [-0.2, 0) is 15.6 Å². The molecule has 0 radical (unpaired) electrons. The van der Waals surface area contributed by atoms with Gasteiger partial charge < -0.3 is 0 Å². The number of likely N-dealkylation sites (N-methyl/N-ethyl adjacent to an activating group) is 1. The van der Waals surface area contributed by atoms with Crippen molar-refractivity contribution in [2.75, 3.05) is 13.1 Å². The van der Waals surface area contributed by atoms with Crippen LogP contribution in [0.25, 0.3) is 0 Å². The Morgan fingerprint density at radius 1 is 1.21 bits per heavy atom. The first-order valence-corrected chi connectivity index (χ1v) is 10.6. The van der Waals surface area contributed by atoms with Gasteiger partial charge in [0.1, 0.15) is 0 Å². The highest BCUT2D eigenvalue weighted by Crippen LogP contribution is 2.39. The van der Waals surface area contributed by atoms with Crippen LogP contribution in [0.4, 0.5) is 0 Å². The minimum atomic E-state index is -3.77. The van der Waals surface area contributed by atoms with Gasteiger partial charge in [-0.3, -0.25) is 4.90 Å². The molecule has 1 aliphatic rings. The summed E-state index contributed by atoms with van der Waals surface area (Å²) in [6.07, 6.45) is 0. The van der Waals surface area contributed by atoms with Crippen LogP contribution in [0.1, 0.15) is 29.5 Å². The van der Waals surface area contributed by atoms with Crippen LogP contribution in [0.3, 0.4) is 0 Å². The summed E-state index contributed by atoms with van der Waals surface area (Å²) in [6.45, 7) is 4.49. The third-order valence-electron chi connectivity index (χ3n) is 4.38. The summed E-state index contributed by atoms with van der Waals surface area (Å²) >= 11 is 12.6. The number of nitrogens with zero attached hydrogens (tertiary/aromatic N) is 1. The fraction of sp³-hybridized carbons (Fsp3) is 0.294. The second kappa shape index (κ2) is 6.85. The maximum absolute atomic E-state index is 11.7. The van der Waals surface area contributed by atoms with Crippen LogP contribution in [0.2, 0.25) is 10.0 Å². The molecule has 3 rings (SSSR count). The van der Waals surface area contributed by atoms with E-state index in [1.807, 2.05) is 12.1 Å². The minimum Gasteiger partial charge on any atom is -0.298 e. The zero-order chi connectivity index (χ0) is 17.5. The summed E-state index contributed by atoms with van der Waals surface area (Å²) in [5.74, 6) is -0.0109. The zero-order valence-corrected chi connectivity index (χ0v) is 16.1. The second-order valence-electron chi connectivity index (χ2n) is 5.85. The van der Waals surface area contributed by atoms with E-state index in [0.29, 0.717) is 10.0 Å². The number of hydrogen-bond donors (Lipinski definition) is 0. The van der Waals surface area contributed by atoms with E-state index < -0.39 is 9.05 Å². The van der Waals surface area contributed by atoms with E-state index in [2.05, 4.69) is 11.8 Å². The number of rotatable bonds is 3. The second-order valence-corrected chi connectivity index (χ2v) is 9.26. The monoisotopic (exact) mass is 403 g/mol. The van der Waals surface area contributed by atoms with Crippen molar-refractivity contribution in [3.63, 3.8) is 0 Å². The third kappa shape index (κ3) is 3.58. The van der Waals surface area contributed by atoms with Crippen LogP contribution in [0.15, 0.2) is 41.3 Å². The van der Waals surface area contributed by atoms with E-state index in [4.69, 9.17) is 33.9 Å². The first-order valence-electron chi connectivity index (χ1n) is 7.54. The Balaban J connectivity index is 2.15. The van der Waals surface area contributed by atoms with Gasteiger partial charge in [-0.05, 0) is 47.5 Å². The maximum Gasteiger partial charge on any atom is 0.261 e. The average molecular weight is 405 g/mol. The number of fused-ring (bicyclic) bond motifs is 1. The van der Waals surface area contributed by atoms with Crippen molar-refractivity contribution in [3.8, 4) is 0 Å². The van der Waals surface area contributed by atoms with E-state index in [0.717, 1.165) is 36.3 Å². The lowest BCUT2D eigenvalue weighted by atomic mass is 9.84. The summed E-state index contributed by atoms with van der Waals surface area (Å²) in [6, 6.07) is 10.4. The summed E-state index contributed by atoms with van der Waals surface area (Å²) < 4.78 is 23.3. The maximum atomic E-state index is 11.7. The van der Waals surface area contributed by atoms with Crippen LogP contribution < -0.4 is 0 Å². The summed E-state index contributed by atoms with van der Waals surface area (Å²) in [5.41, 5.74) is 2.97. The lowest BCUT2D eigenvalue weighted by Gasteiger charge is -2.35. The zero-order valence-electron chi connectivity index (χ0n) is 13.0. The predicted octanol–water partition coefficient (Wildman–Crippen LogP) is 4.89. The molecule has 1 heterocycles. The van der Waals surface area contributed by atoms with Crippen LogP contribution in [-0.4, -0.2) is 26.4 Å². The third-order valence-corrected chi connectivity index (χ3v) is 6.29. The van der Waals surface area contributed by atoms with Gasteiger partial charge in [0.05, 0.1) is 4.90 Å². The standard InChI is InChI=1S/C17H16Cl3NO2S/c1-2-21-9-15(11-4-3-5-13(6-11)24(20,22)23)14-7-12(18)8-17(19)16(14)10-21/h3-8,15H,2,9-10H2,1H3. The van der Waals surface area contributed by atoms with Crippen molar-refractivity contribution in [1.29, 1.82) is 0 Å². The Morgan fingerprint density at radius 3 is 2.62 bits per heavy atom. The normalized spacial score (nSPS) is 18.4. The highest BCUT2D eigenvalue weighted by Gasteiger charge is 2.28. The molecule has 0 N–H and O–H groups in total. The van der Waals surface area contributed by atoms with Gasteiger partial charge in [-0.1, -0.05) is 42.3 Å². The molecule has 7 heteroatoms. The van der Waals surface area contributed by atoms with E-state index >= 15 is 0 Å². The first-order chi connectivity index (χ1) is 11.3. The Bertz CT molecular complexity index is 883. The fourth-order valence-corrected chi connectivity index (χ4v) is 4.53. The molecule has 24 heavy (non-hydrogen) atoms. The Kier molecular flexibility index (Phi) is 5.14. The van der Waals surface area contributed by atoms with E-state index in [9.17, 15) is 8.42 Å². The van der Waals surface area contributed by atoms with Gasteiger partial charge in [0.2, 0.25) is 0 Å². The molecule has 0 amide bonds. The molecule has 1 aliphatic heterocycles. The highest BCUT2D eigenvalue weighted by atomic mass is 35.7. The Labute approximate surface area is 156 Å². The SMILES string of the molecule is CCN1Cc2c(Cl)cc(Cl)cc2C(c2cccc(S(=O)(=O)Cl)c2)C1. The van der Waals surface area contributed by atoms with Gasteiger partial charge in [0, 0.05) is 39.7 Å². The molecule has 1 unspecified atom stereocenters. The van der Waals surface area contributed by atoms with Crippen molar-refractivity contribution in [1.82, 2.24) is 4.90 Å². The molecule has 1 atom stereocenters. The van der Waals surface area contributed by atoms with Crippen molar-refractivity contribution in [2.45, 2.75) is 24.3 Å². The molecule has 0 saturated carbocycles. The van der Waals surface area contributed by atoms with Crippen LogP contribution in [0.5, 0.6) is 0 Å². The van der Waals surface area contributed by atoms with Gasteiger partial charge >= 0.3 is 0 Å². The molecule has 0 aliphatic carbocycles. The highest BCUT2D eigenvalue weighted by molar-refractivity contribution is 8.13. The van der Waals surface area contributed by atoms with Gasteiger partial charge in [-0.2, -0.15) is 0 Å². The topological polar surface area (TPSA) is 37.4 Å². The molecule has 3 nitrogen and oxygen atoms in total. The Hall–Kier alpha value is -0.780. The van der Waals surface area contributed by atoms with Gasteiger partial charge in [0.25, 0.3) is 9.05 Å². The smallest absolute Gasteiger partial charge is 0.261 e. The largest absolute Gasteiger partial charge is 0.298 e. The van der Waals surface area contributed by atoms with Crippen LogP contribution >= 0.6 is 33.9 Å². The molecule has 0 fully saturated rings. The molecule has 2 aromatic rings. The van der Waals surface area contributed by atoms with Crippen molar-refractivity contribution < 1.29 is 8.42 Å². The van der Waals surface area contributed by atoms with Gasteiger partial charge in [-0.15, -0.1) is 0 Å². The Morgan fingerprint density at radius 2 is 1.96 bits per heavy atom. The molecule has 0 aromatic heterocycles. The number of benzene rings is 2. The van der Waals surface area contributed by atoms with E-state index in [1.165, 1.54) is 6.07 Å². The van der Waals surface area contributed by atoms with Crippen molar-refractivity contribution in [3.05, 3.63) is 63.1 Å². The van der Waals surface area contributed by atoms with E-state index in [-0.39, 0.29) is 10.8 Å². The quantitative estimate of drug-likeness (QED) is 0.684. The fourth-order valence-electron chi connectivity index (χ4n) is 3.15. The molecular formula is C17H16Cl3NO2S. The lowest BCUT2D eigenvalue weighted by molar-refractivity contribution is 0.253. The van der Waals surface area contributed by atoms with Crippen molar-refractivity contribution in [2.24, 2.45) is 0 Å². The molecule has 0 bridgehead atoms. The van der Waals surface area contributed by atoms with Gasteiger partial charge in [0.15, 0.2) is 0 Å². The van der Waals surface area contributed by atoms with Crippen LogP contribution in [0, 0.1) is 0 Å². The first kappa shape index (κ1) is 18.0. The molecule has 0 spiro atoms. The van der Waals surface area contributed by atoms with Gasteiger partial charge in [-0.25, -0.2) is 8.42 Å². The summed E-state index contributed by atoms with van der Waals surface area (Å²) in [5, 5.41) is 1.22. The molecule has 2 aromatic carbocycles. The van der Waals surface area contributed by atoms with Crippen molar-refractivity contribution >= 4 is 42.9 Å². The van der Waals surface area contributed by atoms with E-state index in [1.54, 1.807) is 18.2 Å². The molecule has 0 saturated heterocycles. The molecule has 128 valence electrons. The minimum absolute atomic E-state index is 0.0109. The summed E-state index contributed by atoms with van der Waals surface area (Å²) in [7, 11) is 1.73. The average Bonchev–Trinajstić information content (AvgIpc) is 2.53.